The van der Waals surface area contributed by atoms with Crippen molar-refractivity contribution in [1.29, 1.82) is 0 Å². The highest BCUT2D eigenvalue weighted by Gasteiger charge is 2.25. The van der Waals surface area contributed by atoms with Crippen LogP contribution in [0.4, 0.5) is 0 Å². The third-order valence-corrected chi connectivity index (χ3v) is 1.26. The summed E-state index contributed by atoms with van der Waals surface area (Å²) in [5, 5.41) is 2.26. The van der Waals surface area contributed by atoms with Crippen molar-refractivity contribution in [2.75, 3.05) is 0 Å². The van der Waals surface area contributed by atoms with Crippen molar-refractivity contribution < 1.29 is 9.59 Å². The minimum absolute atomic E-state index is 0.617. The lowest BCUT2D eigenvalue weighted by atomic mass is 10.2. The molecule has 0 saturated carbocycles. The van der Waals surface area contributed by atoms with Crippen LogP contribution in [-0.4, -0.2) is 23.5 Å². The number of amides is 2. The Bertz CT molecular complexity index is 196. The SMILES string of the molecule is CC(NC(=O)C(C)(N)N)C(N)=O. The fourth-order valence-electron chi connectivity index (χ4n) is 0.423. The van der Waals surface area contributed by atoms with Crippen LogP contribution >= 0.6 is 0 Å². The Morgan fingerprint density at radius 3 is 2.08 bits per heavy atom. The molecule has 2 amide bonds. The van der Waals surface area contributed by atoms with E-state index in [2.05, 4.69) is 5.32 Å². The van der Waals surface area contributed by atoms with Gasteiger partial charge in [-0.1, -0.05) is 0 Å². The van der Waals surface area contributed by atoms with Crippen molar-refractivity contribution in [3.8, 4) is 0 Å². The summed E-state index contributed by atoms with van der Waals surface area (Å²) in [4.78, 5) is 21.5. The van der Waals surface area contributed by atoms with E-state index in [1.807, 2.05) is 0 Å². The molecule has 12 heavy (non-hydrogen) atoms. The molecule has 6 heteroatoms. The highest BCUT2D eigenvalue weighted by Crippen LogP contribution is 1.89. The van der Waals surface area contributed by atoms with Crippen LogP contribution in [0.25, 0.3) is 0 Å². The second kappa shape index (κ2) is 3.51. The maximum absolute atomic E-state index is 11.0. The van der Waals surface area contributed by atoms with Crippen LogP contribution in [0.15, 0.2) is 0 Å². The number of carbonyl (C=O) groups excluding carboxylic acids is 2. The van der Waals surface area contributed by atoms with Crippen molar-refractivity contribution in [3.63, 3.8) is 0 Å². The van der Waals surface area contributed by atoms with E-state index in [1.165, 1.54) is 13.8 Å². The molecule has 6 nitrogen and oxygen atoms in total. The van der Waals surface area contributed by atoms with Gasteiger partial charge in [0.1, 0.15) is 11.7 Å². The average molecular weight is 174 g/mol. The lowest BCUT2D eigenvalue weighted by Crippen LogP contribution is -2.61. The van der Waals surface area contributed by atoms with Crippen molar-refractivity contribution in [2.45, 2.75) is 25.6 Å². The highest BCUT2D eigenvalue weighted by molar-refractivity contribution is 5.90. The molecule has 0 rings (SSSR count). The molecule has 0 aromatic heterocycles. The highest BCUT2D eigenvalue weighted by atomic mass is 16.2. The Labute approximate surface area is 70.5 Å². The van der Waals surface area contributed by atoms with E-state index in [0.29, 0.717) is 0 Å². The van der Waals surface area contributed by atoms with Crippen LogP contribution in [0.1, 0.15) is 13.8 Å². The zero-order valence-corrected chi connectivity index (χ0v) is 7.13. The average Bonchev–Trinajstić information content (AvgIpc) is 1.85. The van der Waals surface area contributed by atoms with Gasteiger partial charge in [-0.3, -0.25) is 9.59 Å². The van der Waals surface area contributed by atoms with Gasteiger partial charge in [0, 0.05) is 0 Å². The molecule has 0 aliphatic heterocycles. The quantitative estimate of drug-likeness (QED) is 0.356. The smallest absolute Gasteiger partial charge is 0.255 e. The Morgan fingerprint density at radius 1 is 1.42 bits per heavy atom. The maximum Gasteiger partial charge on any atom is 0.255 e. The van der Waals surface area contributed by atoms with Crippen molar-refractivity contribution in [2.24, 2.45) is 17.2 Å². The van der Waals surface area contributed by atoms with E-state index in [4.69, 9.17) is 17.2 Å². The minimum Gasteiger partial charge on any atom is -0.368 e. The van der Waals surface area contributed by atoms with Crippen LogP contribution in [0.3, 0.4) is 0 Å². The molecule has 1 atom stereocenters. The molecule has 70 valence electrons. The standard InChI is InChI=1S/C6H14N4O2/c1-3(4(7)11)10-5(12)6(2,8)9/h3H,8-9H2,1-2H3,(H2,7,11)(H,10,12). The Hall–Kier alpha value is -1.14. The molecular formula is C6H14N4O2. The predicted octanol–water partition coefficient (Wildman–Crippen LogP) is -2.39. The molecule has 0 aliphatic carbocycles. The topological polar surface area (TPSA) is 124 Å². The summed E-state index contributed by atoms with van der Waals surface area (Å²) in [6.07, 6.45) is 0. The number of nitrogens with two attached hydrogens (primary N) is 3. The van der Waals surface area contributed by atoms with Gasteiger partial charge in [-0.25, -0.2) is 0 Å². The summed E-state index contributed by atoms with van der Waals surface area (Å²) in [5.74, 6) is -1.25. The lowest BCUT2D eigenvalue weighted by molar-refractivity contribution is -0.130. The number of carbonyl (C=O) groups is 2. The number of nitrogens with one attached hydrogen (secondary N) is 1. The molecule has 0 aromatic carbocycles. The van der Waals surface area contributed by atoms with Gasteiger partial charge in [0.15, 0.2) is 0 Å². The van der Waals surface area contributed by atoms with E-state index in [9.17, 15) is 9.59 Å². The van der Waals surface area contributed by atoms with Crippen LogP contribution in [0, 0.1) is 0 Å². The summed E-state index contributed by atoms with van der Waals surface area (Å²) in [6, 6.07) is -0.760. The van der Waals surface area contributed by atoms with E-state index in [-0.39, 0.29) is 0 Å². The van der Waals surface area contributed by atoms with Crippen LogP contribution in [0.2, 0.25) is 0 Å². The molecule has 7 N–H and O–H groups in total. The minimum atomic E-state index is -1.48. The fraction of sp³-hybridized carbons (Fsp3) is 0.667. The molecule has 0 bridgehead atoms. The van der Waals surface area contributed by atoms with Gasteiger partial charge in [0.25, 0.3) is 5.91 Å². The van der Waals surface area contributed by atoms with Crippen molar-refractivity contribution >= 4 is 11.8 Å². The van der Waals surface area contributed by atoms with E-state index >= 15 is 0 Å². The first-order chi connectivity index (χ1) is 5.25. The van der Waals surface area contributed by atoms with Crippen LogP contribution in [0.5, 0.6) is 0 Å². The Balaban J connectivity index is 4.11. The van der Waals surface area contributed by atoms with Gasteiger partial charge in [-0.2, -0.15) is 0 Å². The summed E-state index contributed by atoms with van der Waals surface area (Å²) >= 11 is 0. The molecule has 0 aliphatic rings. The zero-order valence-electron chi connectivity index (χ0n) is 7.13. The van der Waals surface area contributed by atoms with Gasteiger partial charge < -0.3 is 22.5 Å². The largest absolute Gasteiger partial charge is 0.368 e. The first kappa shape index (κ1) is 10.9. The molecule has 0 spiro atoms. The second-order valence-corrected chi connectivity index (χ2v) is 2.88. The number of rotatable bonds is 3. The van der Waals surface area contributed by atoms with E-state index in [1.54, 1.807) is 0 Å². The number of hydrogen-bond acceptors (Lipinski definition) is 4. The molecule has 0 heterocycles. The van der Waals surface area contributed by atoms with Gasteiger partial charge in [0.2, 0.25) is 5.91 Å². The summed E-state index contributed by atoms with van der Waals surface area (Å²) in [6.45, 7) is 2.78. The normalized spacial score (nSPS) is 13.7. The molecular weight excluding hydrogens is 160 g/mol. The fourth-order valence-corrected chi connectivity index (χ4v) is 0.423. The van der Waals surface area contributed by atoms with Gasteiger partial charge in [0.05, 0.1) is 0 Å². The lowest BCUT2D eigenvalue weighted by Gasteiger charge is -2.19. The second-order valence-electron chi connectivity index (χ2n) is 2.88. The van der Waals surface area contributed by atoms with Crippen molar-refractivity contribution in [1.82, 2.24) is 5.32 Å². The van der Waals surface area contributed by atoms with Gasteiger partial charge in [-0.15, -0.1) is 0 Å². The van der Waals surface area contributed by atoms with E-state index in [0.717, 1.165) is 0 Å². The van der Waals surface area contributed by atoms with Crippen molar-refractivity contribution in [3.05, 3.63) is 0 Å². The van der Waals surface area contributed by atoms with Crippen LogP contribution in [-0.2, 0) is 9.59 Å². The molecule has 0 aromatic rings. The first-order valence-electron chi connectivity index (χ1n) is 3.43. The Morgan fingerprint density at radius 2 is 1.83 bits per heavy atom. The number of hydrogen-bond donors (Lipinski definition) is 4. The summed E-state index contributed by atoms with van der Waals surface area (Å²) in [7, 11) is 0. The summed E-state index contributed by atoms with van der Waals surface area (Å²) < 4.78 is 0. The van der Waals surface area contributed by atoms with Gasteiger partial charge in [-0.05, 0) is 13.8 Å². The first-order valence-corrected chi connectivity index (χ1v) is 3.43. The Kier molecular flexibility index (Phi) is 3.17. The zero-order chi connectivity index (χ0) is 9.94. The third kappa shape index (κ3) is 3.31. The number of primary amides is 1. The molecule has 0 fully saturated rings. The molecule has 0 saturated heterocycles. The third-order valence-electron chi connectivity index (χ3n) is 1.26. The summed E-state index contributed by atoms with van der Waals surface area (Å²) in [5.41, 5.74) is 13.9. The van der Waals surface area contributed by atoms with E-state index < -0.39 is 23.5 Å². The monoisotopic (exact) mass is 174 g/mol. The predicted molar refractivity (Wildman–Crippen MR) is 43.6 cm³/mol. The maximum atomic E-state index is 11.0. The molecule has 1 unspecified atom stereocenters. The van der Waals surface area contributed by atoms with Gasteiger partial charge >= 0.3 is 0 Å². The molecule has 0 radical (unpaired) electrons. The van der Waals surface area contributed by atoms with Crippen LogP contribution < -0.4 is 22.5 Å².